The van der Waals surface area contributed by atoms with E-state index in [-0.39, 0.29) is 5.91 Å². The monoisotopic (exact) mass is 328 g/mol. The highest BCUT2D eigenvalue weighted by molar-refractivity contribution is 5.96. The standard InChI is InChI=1S/C18H24N4O2/c1-20(11-14-10-19-21(2)12-14)13-18(23)22-8-4-5-15-9-16(24-3)6-7-17(15)22/h6-7,9-10,12H,4-5,8,11,13H2,1-3H3. The molecule has 1 aliphatic rings. The molecular weight excluding hydrogens is 304 g/mol. The van der Waals surface area contributed by atoms with E-state index >= 15 is 0 Å². The van der Waals surface area contributed by atoms with Crippen LogP contribution >= 0.6 is 0 Å². The molecule has 1 aliphatic heterocycles. The van der Waals surface area contributed by atoms with Crippen LogP contribution in [0, 0.1) is 0 Å². The minimum atomic E-state index is 0.132. The first-order valence-corrected chi connectivity index (χ1v) is 8.20. The maximum Gasteiger partial charge on any atom is 0.241 e. The number of benzene rings is 1. The lowest BCUT2D eigenvalue weighted by molar-refractivity contribution is -0.119. The van der Waals surface area contributed by atoms with Crippen molar-refractivity contribution >= 4 is 11.6 Å². The molecule has 1 aromatic carbocycles. The van der Waals surface area contributed by atoms with Crippen molar-refractivity contribution in [1.82, 2.24) is 14.7 Å². The van der Waals surface area contributed by atoms with E-state index in [0.717, 1.165) is 36.4 Å². The molecule has 0 N–H and O–H groups in total. The molecule has 1 aromatic heterocycles. The summed E-state index contributed by atoms with van der Waals surface area (Å²) in [7, 11) is 5.53. The van der Waals surface area contributed by atoms with Crippen LogP contribution in [0.15, 0.2) is 30.6 Å². The van der Waals surface area contributed by atoms with Gasteiger partial charge >= 0.3 is 0 Å². The Balaban J connectivity index is 1.67. The number of amides is 1. The summed E-state index contributed by atoms with van der Waals surface area (Å²) in [6.45, 7) is 1.88. The summed E-state index contributed by atoms with van der Waals surface area (Å²) in [6, 6.07) is 5.95. The summed E-state index contributed by atoms with van der Waals surface area (Å²) in [5, 5.41) is 4.17. The Morgan fingerprint density at radius 2 is 2.25 bits per heavy atom. The second kappa shape index (κ2) is 7.05. The van der Waals surface area contributed by atoms with Gasteiger partial charge in [-0.15, -0.1) is 0 Å². The number of hydrogen-bond acceptors (Lipinski definition) is 4. The molecule has 0 spiro atoms. The molecule has 0 saturated heterocycles. The normalized spacial score (nSPS) is 13.9. The summed E-state index contributed by atoms with van der Waals surface area (Å²) in [5.41, 5.74) is 3.31. The highest BCUT2D eigenvalue weighted by Gasteiger charge is 2.23. The van der Waals surface area contributed by atoms with Gasteiger partial charge < -0.3 is 9.64 Å². The summed E-state index contributed by atoms with van der Waals surface area (Å²) in [4.78, 5) is 16.7. The number of fused-ring (bicyclic) bond motifs is 1. The van der Waals surface area contributed by atoms with Crippen molar-refractivity contribution in [2.75, 3.05) is 32.1 Å². The largest absolute Gasteiger partial charge is 0.497 e. The molecule has 0 saturated carbocycles. The van der Waals surface area contributed by atoms with E-state index in [9.17, 15) is 4.79 Å². The maximum absolute atomic E-state index is 12.8. The van der Waals surface area contributed by atoms with Crippen LogP contribution in [0.1, 0.15) is 17.5 Å². The van der Waals surface area contributed by atoms with Crippen LogP contribution in [0.5, 0.6) is 5.75 Å². The Morgan fingerprint density at radius 1 is 1.42 bits per heavy atom. The average molecular weight is 328 g/mol. The Morgan fingerprint density at radius 3 is 2.96 bits per heavy atom. The van der Waals surface area contributed by atoms with Crippen LogP contribution in [0.3, 0.4) is 0 Å². The van der Waals surface area contributed by atoms with E-state index in [1.54, 1.807) is 11.8 Å². The van der Waals surface area contributed by atoms with Gasteiger partial charge in [-0.25, -0.2) is 0 Å². The van der Waals surface area contributed by atoms with Gasteiger partial charge in [0, 0.05) is 37.6 Å². The lowest BCUT2D eigenvalue weighted by Gasteiger charge is -2.31. The molecule has 0 aliphatic carbocycles. The zero-order chi connectivity index (χ0) is 17.1. The van der Waals surface area contributed by atoms with Gasteiger partial charge in [0.15, 0.2) is 0 Å². The fourth-order valence-electron chi connectivity index (χ4n) is 3.20. The number of methoxy groups -OCH3 is 1. The molecule has 0 fully saturated rings. The molecule has 0 unspecified atom stereocenters. The first-order valence-electron chi connectivity index (χ1n) is 8.20. The molecular formula is C18H24N4O2. The number of anilines is 1. The topological polar surface area (TPSA) is 50.6 Å². The minimum Gasteiger partial charge on any atom is -0.497 e. The number of rotatable bonds is 5. The third-order valence-electron chi connectivity index (χ3n) is 4.32. The maximum atomic E-state index is 12.8. The van der Waals surface area contributed by atoms with Crippen molar-refractivity contribution in [3.8, 4) is 5.75 Å². The molecule has 1 amide bonds. The molecule has 0 bridgehead atoms. The second-order valence-corrected chi connectivity index (χ2v) is 6.34. The van der Waals surface area contributed by atoms with Gasteiger partial charge in [0.2, 0.25) is 5.91 Å². The SMILES string of the molecule is COc1ccc2c(c1)CCCN2C(=O)CN(C)Cc1cnn(C)c1. The van der Waals surface area contributed by atoms with Crippen molar-refractivity contribution in [3.05, 3.63) is 41.7 Å². The Labute approximate surface area is 142 Å². The highest BCUT2D eigenvalue weighted by atomic mass is 16.5. The zero-order valence-corrected chi connectivity index (χ0v) is 14.5. The Bertz CT molecular complexity index is 726. The van der Waals surface area contributed by atoms with Crippen molar-refractivity contribution in [3.63, 3.8) is 0 Å². The average Bonchev–Trinajstić information content (AvgIpc) is 2.98. The fraction of sp³-hybridized carbons (Fsp3) is 0.444. The number of hydrogen-bond donors (Lipinski definition) is 0. The van der Waals surface area contributed by atoms with Crippen LogP contribution in [0.4, 0.5) is 5.69 Å². The van der Waals surface area contributed by atoms with Crippen molar-refractivity contribution in [2.45, 2.75) is 19.4 Å². The minimum absolute atomic E-state index is 0.132. The lowest BCUT2D eigenvalue weighted by atomic mass is 10.0. The van der Waals surface area contributed by atoms with Crippen molar-refractivity contribution < 1.29 is 9.53 Å². The van der Waals surface area contributed by atoms with Gasteiger partial charge in [-0.2, -0.15) is 5.10 Å². The third kappa shape index (κ3) is 3.59. The molecule has 2 heterocycles. The number of likely N-dealkylation sites (N-methyl/N-ethyl adjacent to an activating group) is 1. The van der Waals surface area contributed by atoms with Gasteiger partial charge in [-0.1, -0.05) is 0 Å². The molecule has 6 heteroatoms. The lowest BCUT2D eigenvalue weighted by Crippen LogP contribution is -2.41. The van der Waals surface area contributed by atoms with E-state index in [4.69, 9.17) is 4.74 Å². The number of carbonyl (C=O) groups excluding carboxylic acids is 1. The van der Waals surface area contributed by atoms with Crippen LogP contribution in [-0.4, -0.2) is 47.8 Å². The predicted molar refractivity (Wildman–Crippen MR) is 93.2 cm³/mol. The van der Waals surface area contributed by atoms with Gasteiger partial charge in [-0.3, -0.25) is 14.4 Å². The predicted octanol–water partition coefficient (Wildman–Crippen LogP) is 1.84. The van der Waals surface area contributed by atoms with Gasteiger partial charge in [-0.05, 0) is 43.7 Å². The highest BCUT2D eigenvalue weighted by Crippen LogP contribution is 2.30. The van der Waals surface area contributed by atoms with Gasteiger partial charge in [0.1, 0.15) is 5.75 Å². The van der Waals surface area contributed by atoms with Crippen LogP contribution in [0.25, 0.3) is 0 Å². The first kappa shape index (κ1) is 16.5. The van der Waals surface area contributed by atoms with E-state index in [1.807, 2.05) is 54.5 Å². The number of ether oxygens (including phenoxy) is 1. The molecule has 0 radical (unpaired) electrons. The smallest absolute Gasteiger partial charge is 0.241 e. The molecule has 2 aromatic rings. The molecule has 3 rings (SSSR count). The first-order chi connectivity index (χ1) is 11.6. The summed E-state index contributed by atoms with van der Waals surface area (Å²) < 4.78 is 7.07. The van der Waals surface area contributed by atoms with Crippen molar-refractivity contribution in [1.29, 1.82) is 0 Å². The van der Waals surface area contributed by atoms with Gasteiger partial charge in [0.25, 0.3) is 0 Å². The second-order valence-electron chi connectivity index (χ2n) is 6.34. The van der Waals surface area contributed by atoms with E-state index in [2.05, 4.69) is 5.10 Å². The van der Waals surface area contributed by atoms with Crippen LogP contribution < -0.4 is 9.64 Å². The number of aryl methyl sites for hydroxylation is 2. The zero-order valence-electron chi connectivity index (χ0n) is 14.5. The van der Waals surface area contributed by atoms with Gasteiger partial charge in [0.05, 0.1) is 19.9 Å². The number of carbonyl (C=O) groups is 1. The number of aromatic nitrogens is 2. The quantitative estimate of drug-likeness (QED) is 0.840. The summed E-state index contributed by atoms with van der Waals surface area (Å²) >= 11 is 0. The van der Waals surface area contributed by atoms with Crippen LogP contribution in [-0.2, 0) is 24.8 Å². The van der Waals surface area contributed by atoms with E-state index in [0.29, 0.717) is 13.1 Å². The fourth-order valence-corrected chi connectivity index (χ4v) is 3.20. The molecule has 24 heavy (non-hydrogen) atoms. The number of nitrogens with zero attached hydrogens (tertiary/aromatic N) is 4. The van der Waals surface area contributed by atoms with Crippen molar-refractivity contribution in [2.24, 2.45) is 7.05 Å². The Kier molecular flexibility index (Phi) is 4.85. The third-order valence-corrected chi connectivity index (χ3v) is 4.32. The summed E-state index contributed by atoms with van der Waals surface area (Å²) in [5.74, 6) is 0.976. The van der Waals surface area contributed by atoms with E-state index < -0.39 is 0 Å². The summed E-state index contributed by atoms with van der Waals surface area (Å²) in [6.07, 6.45) is 5.78. The molecule has 0 atom stereocenters. The van der Waals surface area contributed by atoms with E-state index in [1.165, 1.54) is 5.56 Å². The molecule has 6 nitrogen and oxygen atoms in total. The van der Waals surface area contributed by atoms with Crippen LogP contribution in [0.2, 0.25) is 0 Å². The Hall–Kier alpha value is -2.34. The molecule has 128 valence electrons.